The highest BCUT2D eigenvalue weighted by atomic mass is 35.5. The largest absolute Gasteiger partial charge is 0.298 e. The third-order valence-corrected chi connectivity index (χ3v) is 3.50. The molecule has 98 valence electrons. The van der Waals surface area contributed by atoms with E-state index in [1.165, 1.54) is 0 Å². The molecule has 0 bridgehead atoms. The van der Waals surface area contributed by atoms with Gasteiger partial charge in [0.05, 0.1) is 5.52 Å². The summed E-state index contributed by atoms with van der Waals surface area (Å²) in [7, 11) is 0. The van der Waals surface area contributed by atoms with E-state index >= 15 is 0 Å². The van der Waals surface area contributed by atoms with Crippen LogP contribution >= 0.6 is 11.6 Å². The monoisotopic (exact) mass is 281 g/mol. The van der Waals surface area contributed by atoms with Crippen molar-refractivity contribution in [1.29, 1.82) is 0 Å². The standard InChI is InChI=1S/C17H12ClNO/c18-15-7-5-13(14(9-15)11-20)10-16-8-6-12-3-1-2-4-17(12)19-16/h1-9,11H,10H2. The zero-order valence-corrected chi connectivity index (χ0v) is 11.5. The third-order valence-electron chi connectivity index (χ3n) is 3.26. The maximum atomic E-state index is 11.1. The minimum atomic E-state index is 0.572. The Kier molecular flexibility index (Phi) is 3.48. The smallest absolute Gasteiger partial charge is 0.150 e. The number of fused-ring (bicyclic) bond motifs is 1. The Bertz CT molecular complexity index is 783. The van der Waals surface area contributed by atoms with Gasteiger partial charge in [0.25, 0.3) is 0 Å². The van der Waals surface area contributed by atoms with Crippen molar-refractivity contribution in [3.05, 3.63) is 76.4 Å². The molecule has 0 atom stereocenters. The second-order valence-electron chi connectivity index (χ2n) is 4.63. The fourth-order valence-corrected chi connectivity index (χ4v) is 2.42. The van der Waals surface area contributed by atoms with E-state index in [4.69, 9.17) is 11.6 Å². The first-order valence-electron chi connectivity index (χ1n) is 6.34. The van der Waals surface area contributed by atoms with Crippen LogP contribution in [0.15, 0.2) is 54.6 Å². The van der Waals surface area contributed by atoms with Gasteiger partial charge in [-0.15, -0.1) is 0 Å². The molecule has 1 aromatic heterocycles. The minimum Gasteiger partial charge on any atom is -0.298 e. The number of aromatic nitrogens is 1. The molecule has 0 fully saturated rings. The van der Waals surface area contributed by atoms with Crippen LogP contribution in [0.5, 0.6) is 0 Å². The van der Waals surface area contributed by atoms with Gasteiger partial charge in [0.15, 0.2) is 0 Å². The molecule has 2 nitrogen and oxygen atoms in total. The van der Waals surface area contributed by atoms with Crippen LogP contribution in [0, 0.1) is 0 Å². The Morgan fingerprint density at radius 3 is 2.75 bits per heavy atom. The number of pyridine rings is 1. The average Bonchev–Trinajstić information content (AvgIpc) is 2.49. The van der Waals surface area contributed by atoms with Crippen molar-refractivity contribution >= 4 is 28.8 Å². The molecule has 0 spiro atoms. The van der Waals surface area contributed by atoms with Crippen LogP contribution in [-0.2, 0) is 6.42 Å². The predicted molar refractivity (Wildman–Crippen MR) is 81.4 cm³/mol. The topological polar surface area (TPSA) is 30.0 Å². The maximum Gasteiger partial charge on any atom is 0.150 e. The van der Waals surface area contributed by atoms with Crippen molar-refractivity contribution in [3.63, 3.8) is 0 Å². The van der Waals surface area contributed by atoms with Crippen LogP contribution in [-0.4, -0.2) is 11.3 Å². The molecule has 20 heavy (non-hydrogen) atoms. The zero-order chi connectivity index (χ0) is 13.9. The number of rotatable bonds is 3. The third kappa shape index (κ3) is 2.56. The van der Waals surface area contributed by atoms with E-state index in [-0.39, 0.29) is 0 Å². The number of halogens is 1. The quantitative estimate of drug-likeness (QED) is 0.670. The van der Waals surface area contributed by atoms with Crippen molar-refractivity contribution in [2.45, 2.75) is 6.42 Å². The maximum absolute atomic E-state index is 11.1. The number of hydrogen-bond acceptors (Lipinski definition) is 2. The highest BCUT2D eigenvalue weighted by Gasteiger charge is 2.05. The second kappa shape index (κ2) is 5.43. The summed E-state index contributed by atoms with van der Waals surface area (Å²) in [6.07, 6.45) is 1.46. The lowest BCUT2D eigenvalue weighted by Gasteiger charge is -2.06. The van der Waals surface area contributed by atoms with E-state index < -0.39 is 0 Å². The molecule has 3 rings (SSSR count). The Labute approximate surface area is 122 Å². The van der Waals surface area contributed by atoms with Gasteiger partial charge in [0.2, 0.25) is 0 Å². The number of para-hydroxylation sites is 1. The molecule has 0 aliphatic heterocycles. The molecule has 1 heterocycles. The molecule has 0 aliphatic rings. The molecule has 3 aromatic rings. The van der Waals surface area contributed by atoms with Gasteiger partial charge < -0.3 is 0 Å². The fraction of sp³-hybridized carbons (Fsp3) is 0.0588. The minimum absolute atomic E-state index is 0.572. The molecule has 0 aliphatic carbocycles. The van der Waals surface area contributed by atoms with Crippen molar-refractivity contribution in [3.8, 4) is 0 Å². The molecular weight excluding hydrogens is 270 g/mol. The van der Waals surface area contributed by atoms with E-state index in [0.29, 0.717) is 17.0 Å². The summed E-state index contributed by atoms with van der Waals surface area (Å²) in [4.78, 5) is 15.7. The van der Waals surface area contributed by atoms with Crippen LogP contribution < -0.4 is 0 Å². The Morgan fingerprint density at radius 1 is 1.05 bits per heavy atom. The number of hydrogen-bond donors (Lipinski definition) is 0. The first-order valence-corrected chi connectivity index (χ1v) is 6.72. The molecule has 0 N–H and O–H groups in total. The van der Waals surface area contributed by atoms with E-state index in [1.54, 1.807) is 12.1 Å². The van der Waals surface area contributed by atoms with Gasteiger partial charge in [-0.2, -0.15) is 0 Å². The number of aldehydes is 1. The van der Waals surface area contributed by atoms with Crippen molar-refractivity contribution in [1.82, 2.24) is 4.98 Å². The predicted octanol–water partition coefficient (Wildman–Crippen LogP) is 4.29. The lowest BCUT2D eigenvalue weighted by Crippen LogP contribution is -1.97. The SMILES string of the molecule is O=Cc1cc(Cl)ccc1Cc1ccc2ccccc2n1. The van der Waals surface area contributed by atoms with Crippen LogP contribution in [0.3, 0.4) is 0 Å². The lowest BCUT2D eigenvalue weighted by atomic mass is 10.0. The van der Waals surface area contributed by atoms with Gasteiger partial charge >= 0.3 is 0 Å². The molecular formula is C17H12ClNO. The Balaban J connectivity index is 1.98. The average molecular weight is 282 g/mol. The molecule has 0 saturated carbocycles. The van der Waals surface area contributed by atoms with Gasteiger partial charge in [-0.1, -0.05) is 41.9 Å². The number of carbonyl (C=O) groups is 1. The molecule has 0 radical (unpaired) electrons. The number of nitrogens with zero attached hydrogens (tertiary/aromatic N) is 1. The highest BCUT2D eigenvalue weighted by Crippen LogP contribution is 2.19. The van der Waals surface area contributed by atoms with Gasteiger partial charge in [0, 0.05) is 28.1 Å². The first-order chi connectivity index (χ1) is 9.76. The van der Waals surface area contributed by atoms with Crippen LogP contribution in [0.4, 0.5) is 0 Å². The van der Waals surface area contributed by atoms with Gasteiger partial charge in [0.1, 0.15) is 6.29 Å². The van der Waals surface area contributed by atoms with Gasteiger partial charge in [-0.05, 0) is 29.8 Å². The summed E-state index contributed by atoms with van der Waals surface area (Å²) in [5, 5.41) is 1.69. The molecule has 0 amide bonds. The van der Waals surface area contributed by atoms with Crippen molar-refractivity contribution in [2.75, 3.05) is 0 Å². The van der Waals surface area contributed by atoms with Gasteiger partial charge in [-0.3, -0.25) is 9.78 Å². The number of benzene rings is 2. The Hall–Kier alpha value is -2.19. The zero-order valence-electron chi connectivity index (χ0n) is 10.7. The highest BCUT2D eigenvalue weighted by molar-refractivity contribution is 6.30. The summed E-state index contributed by atoms with van der Waals surface area (Å²) in [6, 6.07) is 17.4. The lowest BCUT2D eigenvalue weighted by molar-refractivity contribution is 0.112. The van der Waals surface area contributed by atoms with Crippen molar-refractivity contribution < 1.29 is 4.79 Å². The van der Waals surface area contributed by atoms with E-state index in [9.17, 15) is 4.79 Å². The van der Waals surface area contributed by atoms with Crippen LogP contribution in [0.25, 0.3) is 10.9 Å². The summed E-state index contributed by atoms with van der Waals surface area (Å²) in [6.45, 7) is 0. The summed E-state index contributed by atoms with van der Waals surface area (Å²) >= 11 is 5.90. The molecule has 3 heteroatoms. The first kappa shape index (κ1) is 12.8. The normalized spacial score (nSPS) is 10.7. The molecule has 0 saturated heterocycles. The van der Waals surface area contributed by atoms with E-state index in [2.05, 4.69) is 4.98 Å². The van der Waals surface area contributed by atoms with Gasteiger partial charge in [-0.25, -0.2) is 0 Å². The van der Waals surface area contributed by atoms with Crippen molar-refractivity contribution in [2.24, 2.45) is 0 Å². The number of carbonyl (C=O) groups excluding carboxylic acids is 1. The summed E-state index contributed by atoms with van der Waals surface area (Å²) in [5.74, 6) is 0. The Morgan fingerprint density at radius 2 is 1.90 bits per heavy atom. The molecule has 2 aromatic carbocycles. The fourth-order valence-electron chi connectivity index (χ4n) is 2.24. The van der Waals surface area contributed by atoms with Crippen LogP contribution in [0.1, 0.15) is 21.6 Å². The summed E-state index contributed by atoms with van der Waals surface area (Å²) in [5.41, 5.74) is 3.46. The second-order valence-corrected chi connectivity index (χ2v) is 5.07. The van der Waals surface area contributed by atoms with Crippen LogP contribution in [0.2, 0.25) is 5.02 Å². The molecule has 0 unspecified atom stereocenters. The summed E-state index contributed by atoms with van der Waals surface area (Å²) < 4.78 is 0. The van der Waals surface area contributed by atoms with E-state index in [0.717, 1.165) is 28.4 Å². The van der Waals surface area contributed by atoms with E-state index in [1.807, 2.05) is 42.5 Å².